The molecule has 0 unspecified atom stereocenters. The summed E-state index contributed by atoms with van der Waals surface area (Å²) >= 11 is 0. The van der Waals surface area contributed by atoms with Crippen molar-refractivity contribution in [3.63, 3.8) is 0 Å². The molecular weight excluding hydrogens is 366 g/mol. The van der Waals surface area contributed by atoms with Crippen LogP contribution in [0.25, 0.3) is 0 Å². The molecule has 0 saturated carbocycles. The minimum atomic E-state index is 0.626. The van der Waals surface area contributed by atoms with Crippen LogP contribution >= 0.6 is 0 Å². The number of aliphatic imine (C=N–C) groups is 1. The minimum Gasteiger partial charge on any atom is -0.496 e. The van der Waals surface area contributed by atoms with E-state index in [-0.39, 0.29) is 0 Å². The summed E-state index contributed by atoms with van der Waals surface area (Å²) in [6.07, 6.45) is 0.863. The van der Waals surface area contributed by atoms with E-state index in [2.05, 4.69) is 52.9 Å². The van der Waals surface area contributed by atoms with Crippen molar-refractivity contribution >= 4 is 5.96 Å². The van der Waals surface area contributed by atoms with Crippen molar-refractivity contribution < 1.29 is 14.2 Å². The Labute approximate surface area is 174 Å². The smallest absolute Gasteiger partial charge is 0.191 e. The van der Waals surface area contributed by atoms with Crippen LogP contribution in [0.15, 0.2) is 41.4 Å². The average Bonchev–Trinajstić information content (AvgIpc) is 2.72. The first kappa shape index (κ1) is 22.6. The molecule has 0 heterocycles. The zero-order valence-electron chi connectivity index (χ0n) is 18.2. The van der Waals surface area contributed by atoms with Crippen LogP contribution < -0.4 is 20.1 Å². The highest BCUT2D eigenvalue weighted by molar-refractivity contribution is 5.79. The monoisotopic (exact) mass is 399 g/mol. The molecule has 0 saturated heterocycles. The molecule has 0 radical (unpaired) electrons. The average molecular weight is 400 g/mol. The van der Waals surface area contributed by atoms with Crippen molar-refractivity contribution in [3.05, 3.63) is 58.7 Å². The Morgan fingerprint density at radius 3 is 2.41 bits per heavy atom. The zero-order chi connectivity index (χ0) is 21.1. The Kier molecular flexibility index (Phi) is 9.31. The molecule has 0 aliphatic rings. The summed E-state index contributed by atoms with van der Waals surface area (Å²) in [4.78, 5) is 4.32. The molecule has 2 aromatic rings. The highest BCUT2D eigenvalue weighted by atomic mass is 16.5. The maximum atomic E-state index is 5.96. The van der Waals surface area contributed by atoms with Gasteiger partial charge in [0.2, 0.25) is 0 Å². The molecule has 158 valence electrons. The second-order valence-corrected chi connectivity index (χ2v) is 6.89. The molecule has 0 bridgehead atoms. The number of rotatable bonds is 10. The predicted molar refractivity (Wildman–Crippen MR) is 118 cm³/mol. The second kappa shape index (κ2) is 12.0. The lowest BCUT2D eigenvalue weighted by molar-refractivity contribution is 0.171. The van der Waals surface area contributed by atoms with E-state index in [1.54, 1.807) is 21.3 Å². The Balaban J connectivity index is 1.92. The highest BCUT2D eigenvalue weighted by Crippen LogP contribution is 2.21. The van der Waals surface area contributed by atoms with Gasteiger partial charge < -0.3 is 24.8 Å². The maximum Gasteiger partial charge on any atom is 0.191 e. The van der Waals surface area contributed by atoms with Crippen molar-refractivity contribution in [1.82, 2.24) is 10.6 Å². The van der Waals surface area contributed by atoms with E-state index in [4.69, 9.17) is 14.2 Å². The van der Waals surface area contributed by atoms with Crippen molar-refractivity contribution in [3.8, 4) is 11.5 Å². The lowest BCUT2D eigenvalue weighted by Gasteiger charge is -2.16. The maximum absolute atomic E-state index is 5.96. The largest absolute Gasteiger partial charge is 0.496 e. The third kappa shape index (κ3) is 7.31. The highest BCUT2D eigenvalue weighted by Gasteiger charge is 2.07. The van der Waals surface area contributed by atoms with E-state index in [0.29, 0.717) is 26.3 Å². The third-order valence-corrected chi connectivity index (χ3v) is 4.56. The fraction of sp³-hybridized carbons (Fsp3) is 0.435. The van der Waals surface area contributed by atoms with Gasteiger partial charge in [-0.15, -0.1) is 0 Å². The quantitative estimate of drug-likeness (QED) is 0.363. The first-order chi connectivity index (χ1) is 14.1. The number of nitrogens with one attached hydrogen (secondary N) is 2. The number of aryl methyl sites for hydroxylation is 2. The third-order valence-electron chi connectivity index (χ3n) is 4.56. The Morgan fingerprint density at radius 1 is 0.931 bits per heavy atom. The molecule has 0 amide bonds. The summed E-state index contributed by atoms with van der Waals surface area (Å²) in [6, 6.07) is 12.4. The van der Waals surface area contributed by atoms with E-state index in [1.165, 1.54) is 11.1 Å². The van der Waals surface area contributed by atoms with Crippen molar-refractivity contribution in [1.29, 1.82) is 0 Å². The Bertz CT molecular complexity index is 806. The van der Waals surface area contributed by atoms with Crippen LogP contribution in [0.5, 0.6) is 11.5 Å². The van der Waals surface area contributed by atoms with Gasteiger partial charge in [-0.2, -0.15) is 0 Å². The van der Waals surface area contributed by atoms with Crippen LogP contribution in [-0.4, -0.2) is 40.4 Å². The van der Waals surface area contributed by atoms with Crippen LogP contribution in [0.4, 0.5) is 0 Å². The summed E-state index contributed by atoms with van der Waals surface area (Å²) in [5.41, 5.74) is 4.55. The number of nitrogens with zero attached hydrogens (tertiary/aromatic N) is 1. The molecule has 29 heavy (non-hydrogen) atoms. The van der Waals surface area contributed by atoms with Crippen LogP contribution in [0.1, 0.15) is 28.7 Å². The van der Waals surface area contributed by atoms with E-state index in [0.717, 1.165) is 35.0 Å². The van der Waals surface area contributed by atoms with Gasteiger partial charge in [-0.25, -0.2) is 0 Å². The minimum absolute atomic E-state index is 0.626. The number of benzene rings is 2. The molecule has 0 fully saturated rings. The molecule has 2 N–H and O–H groups in total. The Morgan fingerprint density at radius 2 is 1.72 bits per heavy atom. The second-order valence-electron chi connectivity index (χ2n) is 6.89. The summed E-state index contributed by atoms with van der Waals surface area (Å²) in [5, 5.41) is 6.72. The topological polar surface area (TPSA) is 64.1 Å². The molecule has 0 aliphatic carbocycles. The molecule has 0 spiro atoms. The SMILES string of the molecule is CN=C(NCc1ccc(OC)c(C)c1)NCc1ccc(C)cc1OCCCOC. The van der Waals surface area contributed by atoms with Crippen molar-refractivity contribution in [2.75, 3.05) is 34.5 Å². The fourth-order valence-electron chi connectivity index (χ4n) is 2.96. The number of hydrogen-bond donors (Lipinski definition) is 2. The summed E-state index contributed by atoms with van der Waals surface area (Å²) < 4.78 is 16.4. The first-order valence-corrected chi connectivity index (χ1v) is 9.86. The van der Waals surface area contributed by atoms with Crippen LogP contribution in [0.3, 0.4) is 0 Å². The number of guanidine groups is 1. The van der Waals surface area contributed by atoms with E-state index >= 15 is 0 Å². The molecule has 0 atom stereocenters. The van der Waals surface area contributed by atoms with Crippen molar-refractivity contribution in [2.45, 2.75) is 33.4 Å². The van der Waals surface area contributed by atoms with Gasteiger partial charge in [0, 0.05) is 45.8 Å². The first-order valence-electron chi connectivity index (χ1n) is 9.86. The Hall–Kier alpha value is -2.73. The number of ether oxygens (including phenoxy) is 3. The van der Waals surface area contributed by atoms with Gasteiger partial charge in [0.05, 0.1) is 13.7 Å². The van der Waals surface area contributed by atoms with Crippen molar-refractivity contribution in [2.24, 2.45) is 4.99 Å². The predicted octanol–water partition coefficient (Wildman–Crippen LogP) is 3.59. The lowest BCUT2D eigenvalue weighted by Crippen LogP contribution is -2.36. The molecule has 0 aromatic heterocycles. The van der Waals surface area contributed by atoms with Crippen LogP contribution in [0, 0.1) is 13.8 Å². The van der Waals surface area contributed by atoms with Gasteiger partial charge in [0.25, 0.3) is 0 Å². The van der Waals surface area contributed by atoms with Crippen LogP contribution in [-0.2, 0) is 17.8 Å². The van der Waals surface area contributed by atoms with Gasteiger partial charge >= 0.3 is 0 Å². The van der Waals surface area contributed by atoms with Gasteiger partial charge in [0.1, 0.15) is 11.5 Å². The van der Waals surface area contributed by atoms with Gasteiger partial charge in [-0.05, 0) is 42.7 Å². The molecule has 2 aromatic carbocycles. The van der Waals surface area contributed by atoms with E-state index in [1.807, 2.05) is 13.0 Å². The van der Waals surface area contributed by atoms with Crippen LogP contribution in [0.2, 0.25) is 0 Å². The normalized spacial score (nSPS) is 11.3. The van der Waals surface area contributed by atoms with Gasteiger partial charge in [-0.1, -0.05) is 24.3 Å². The molecule has 2 rings (SSSR count). The molecular formula is C23H33N3O3. The van der Waals surface area contributed by atoms with Gasteiger partial charge in [0.15, 0.2) is 5.96 Å². The number of methoxy groups -OCH3 is 2. The molecule has 6 nitrogen and oxygen atoms in total. The zero-order valence-corrected chi connectivity index (χ0v) is 18.2. The summed E-state index contributed by atoms with van der Waals surface area (Å²) in [6.45, 7) is 6.74. The van der Waals surface area contributed by atoms with E-state index < -0.39 is 0 Å². The molecule has 6 heteroatoms. The number of hydrogen-bond acceptors (Lipinski definition) is 4. The fourth-order valence-corrected chi connectivity index (χ4v) is 2.96. The summed E-state index contributed by atoms with van der Waals surface area (Å²) in [5.74, 6) is 2.54. The standard InChI is InChI=1S/C23H33N3O3/c1-17-7-9-20(22(13-17)29-12-6-11-27-4)16-26-23(24-3)25-15-19-8-10-21(28-5)18(2)14-19/h7-10,13-14H,6,11-12,15-16H2,1-5H3,(H2,24,25,26). The molecule has 0 aliphatic heterocycles. The van der Waals surface area contributed by atoms with Gasteiger partial charge in [-0.3, -0.25) is 4.99 Å². The lowest BCUT2D eigenvalue weighted by atomic mass is 10.1. The van der Waals surface area contributed by atoms with E-state index in [9.17, 15) is 0 Å². The summed E-state index contributed by atoms with van der Waals surface area (Å²) in [7, 11) is 5.16.